The third-order valence-electron chi connectivity index (χ3n) is 6.22. The topological polar surface area (TPSA) is 76.2 Å². The normalized spacial score (nSPS) is 21.9. The predicted octanol–water partition coefficient (Wildman–Crippen LogP) is 2.12. The second-order valence-corrected chi connectivity index (χ2v) is 9.95. The summed E-state index contributed by atoms with van der Waals surface area (Å²) >= 11 is 0. The van der Waals surface area contributed by atoms with Crippen molar-refractivity contribution in [1.29, 1.82) is 0 Å². The van der Waals surface area contributed by atoms with Gasteiger partial charge in [-0.25, -0.2) is 8.42 Å². The van der Waals surface area contributed by atoms with Gasteiger partial charge in [-0.2, -0.15) is 4.31 Å². The molecule has 28 heavy (non-hydrogen) atoms. The van der Waals surface area contributed by atoms with Gasteiger partial charge in [-0.05, 0) is 50.7 Å². The maximum Gasteiger partial charge on any atom is 0.243 e. The maximum atomic E-state index is 13.0. The number of sulfonamides is 1. The van der Waals surface area contributed by atoms with Crippen molar-refractivity contribution in [3.8, 4) is 11.5 Å². The van der Waals surface area contributed by atoms with Gasteiger partial charge in [0.2, 0.25) is 15.9 Å². The van der Waals surface area contributed by atoms with Crippen LogP contribution in [0.25, 0.3) is 0 Å². The summed E-state index contributed by atoms with van der Waals surface area (Å²) in [5.41, 5.74) is 0. The SMILES string of the molecule is CC(C1CC1)N(C)C(=O)C1CCN(S(=O)(=O)c2ccc3c(c2)OCCO3)CC1. The molecule has 1 saturated carbocycles. The third kappa shape index (κ3) is 3.72. The number of piperidine rings is 1. The van der Waals surface area contributed by atoms with Crippen molar-refractivity contribution in [3.63, 3.8) is 0 Å². The van der Waals surface area contributed by atoms with E-state index < -0.39 is 10.0 Å². The average Bonchev–Trinajstić information content (AvgIpc) is 3.57. The van der Waals surface area contributed by atoms with Gasteiger partial charge in [0.25, 0.3) is 0 Å². The summed E-state index contributed by atoms with van der Waals surface area (Å²) in [5, 5.41) is 0. The lowest BCUT2D eigenvalue weighted by molar-refractivity contribution is -0.137. The van der Waals surface area contributed by atoms with Gasteiger partial charge >= 0.3 is 0 Å². The Morgan fingerprint density at radius 1 is 1.11 bits per heavy atom. The molecule has 0 aromatic heterocycles. The molecule has 7 nitrogen and oxygen atoms in total. The number of amides is 1. The highest BCUT2D eigenvalue weighted by Gasteiger charge is 2.37. The van der Waals surface area contributed by atoms with Crippen LogP contribution in [0.2, 0.25) is 0 Å². The average molecular weight is 409 g/mol. The van der Waals surface area contributed by atoms with Gasteiger partial charge in [0, 0.05) is 38.2 Å². The van der Waals surface area contributed by atoms with Crippen LogP contribution in [-0.2, 0) is 14.8 Å². The van der Waals surface area contributed by atoms with Crippen molar-refractivity contribution in [2.24, 2.45) is 11.8 Å². The fraction of sp³-hybridized carbons (Fsp3) is 0.650. The smallest absolute Gasteiger partial charge is 0.243 e. The fourth-order valence-corrected chi connectivity index (χ4v) is 5.55. The molecular weight excluding hydrogens is 380 g/mol. The Hall–Kier alpha value is -1.80. The van der Waals surface area contributed by atoms with Crippen molar-refractivity contribution in [2.75, 3.05) is 33.4 Å². The van der Waals surface area contributed by atoms with Gasteiger partial charge in [-0.15, -0.1) is 0 Å². The van der Waals surface area contributed by atoms with E-state index in [4.69, 9.17) is 9.47 Å². The Bertz CT molecular complexity index is 844. The van der Waals surface area contributed by atoms with Crippen LogP contribution in [0.1, 0.15) is 32.6 Å². The van der Waals surface area contributed by atoms with Gasteiger partial charge in [-0.3, -0.25) is 4.79 Å². The zero-order valence-corrected chi connectivity index (χ0v) is 17.3. The summed E-state index contributed by atoms with van der Waals surface area (Å²) in [6.07, 6.45) is 3.52. The van der Waals surface area contributed by atoms with Crippen LogP contribution in [-0.4, -0.2) is 62.9 Å². The minimum Gasteiger partial charge on any atom is -0.486 e. The predicted molar refractivity (Wildman–Crippen MR) is 104 cm³/mol. The molecule has 1 unspecified atom stereocenters. The van der Waals surface area contributed by atoms with Crippen LogP contribution >= 0.6 is 0 Å². The molecule has 8 heteroatoms. The number of benzene rings is 1. The van der Waals surface area contributed by atoms with Crippen molar-refractivity contribution >= 4 is 15.9 Å². The zero-order valence-electron chi connectivity index (χ0n) is 16.5. The minimum absolute atomic E-state index is 0.0992. The number of ether oxygens (including phenoxy) is 2. The van der Waals surface area contributed by atoms with E-state index in [1.807, 2.05) is 11.9 Å². The summed E-state index contributed by atoms with van der Waals surface area (Å²) in [5.74, 6) is 1.72. The number of rotatable bonds is 5. The summed E-state index contributed by atoms with van der Waals surface area (Å²) in [6, 6.07) is 5.01. The van der Waals surface area contributed by atoms with E-state index in [9.17, 15) is 13.2 Å². The summed E-state index contributed by atoms with van der Waals surface area (Å²) < 4.78 is 38.5. The monoisotopic (exact) mass is 408 g/mol. The third-order valence-corrected chi connectivity index (χ3v) is 8.11. The van der Waals surface area contributed by atoms with Gasteiger partial charge in [0.1, 0.15) is 13.2 Å². The standard InChI is InChI=1S/C20H28N2O5S/c1-14(15-3-4-15)21(2)20(23)16-7-9-22(10-8-16)28(24,25)17-5-6-18-19(13-17)27-12-11-26-18/h5-6,13-16H,3-4,7-12H2,1-2H3. The number of hydrogen-bond acceptors (Lipinski definition) is 5. The highest BCUT2D eigenvalue weighted by Crippen LogP contribution is 2.36. The molecule has 0 N–H and O–H groups in total. The van der Waals surface area contributed by atoms with Gasteiger partial charge in [0.15, 0.2) is 11.5 Å². The molecule has 0 radical (unpaired) electrons. The van der Waals surface area contributed by atoms with Crippen molar-refractivity contribution in [2.45, 2.75) is 43.5 Å². The molecule has 1 aromatic carbocycles. The molecule has 1 aromatic rings. The Balaban J connectivity index is 1.40. The summed E-state index contributed by atoms with van der Waals surface area (Å²) in [6.45, 7) is 3.71. The molecule has 1 atom stereocenters. The fourth-order valence-electron chi connectivity index (χ4n) is 4.06. The van der Waals surface area contributed by atoms with Crippen LogP contribution in [0.3, 0.4) is 0 Å². The lowest BCUT2D eigenvalue weighted by Gasteiger charge is -2.34. The first-order valence-corrected chi connectivity index (χ1v) is 11.5. The van der Waals surface area contributed by atoms with E-state index >= 15 is 0 Å². The van der Waals surface area contributed by atoms with E-state index in [2.05, 4.69) is 6.92 Å². The molecule has 1 saturated heterocycles. The largest absolute Gasteiger partial charge is 0.486 e. The van der Waals surface area contributed by atoms with Crippen LogP contribution in [0.15, 0.2) is 23.1 Å². The van der Waals surface area contributed by atoms with E-state index in [1.54, 1.807) is 12.1 Å². The Morgan fingerprint density at radius 2 is 1.75 bits per heavy atom. The van der Waals surface area contributed by atoms with Crippen LogP contribution in [0.4, 0.5) is 0 Å². The first-order chi connectivity index (χ1) is 13.4. The lowest BCUT2D eigenvalue weighted by Crippen LogP contribution is -2.46. The van der Waals surface area contributed by atoms with Gasteiger partial charge in [0.05, 0.1) is 4.90 Å². The summed E-state index contributed by atoms with van der Waals surface area (Å²) in [4.78, 5) is 14.9. The Kier molecular flexibility index (Phi) is 5.26. The van der Waals surface area contributed by atoms with E-state index in [1.165, 1.54) is 23.2 Å². The molecule has 3 aliphatic rings. The molecule has 2 aliphatic heterocycles. The molecule has 0 spiro atoms. The van der Waals surface area contributed by atoms with Gasteiger partial charge in [-0.1, -0.05) is 0 Å². The Morgan fingerprint density at radius 3 is 2.39 bits per heavy atom. The molecule has 154 valence electrons. The minimum atomic E-state index is -3.61. The quantitative estimate of drug-likeness (QED) is 0.746. The van der Waals surface area contributed by atoms with Crippen molar-refractivity contribution in [1.82, 2.24) is 9.21 Å². The second-order valence-electron chi connectivity index (χ2n) is 8.01. The highest BCUT2D eigenvalue weighted by molar-refractivity contribution is 7.89. The molecule has 0 bridgehead atoms. The Labute approximate surface area is 166 Å². The van der Waals surface area contributed by atoms with E-state index in [-0.39, 0.29) is 22.8 Å². The highest BCUT2D eigenvalue weighted by atomic mass is 32.2. The second kappa shape index (κ2) is 7.55. The number of carbonyl (C=O) groups excluding carboxylic acids is 1. The maximum absolute atomic E-state index is 13.0. The molecule has 1 aliphatic carbocycles. The molecule has 1 amide bonds. The van der Waals surface area contributed by atoms with Gasteiger partial charge < -0.3 is 14.4 Å². The van der Waals surface area contributed by atoms with E-state index in [0.29, 0.717) is 56.6 Å². The van der Waals surface area contributed by atoms with Crippen LogP contribution in [0.5, 0.6) is 11.5 Å². The number of nitrogens with zero attached hydrogens (tertiary/aromatic N) is 2. The van der Waals surface area contributed by atoms with Crippen molar-refractivity contribution in [3.05, 3.63) is 18.2 Å². The first-order valence-electron chi connectivity index (χ1n) is 10.0. The van der Waals surface area contributed by atoms with Crippen molar-refractivity contribution < 1.29 is 22.7 Å². The number of fused-ring (bicyclic) bond motifs is 1. The summed E-state index contributed by atoms with van der Waals surface area (Å²) in [7, 11) is -1.73. The van der Waals surface area contributed by atoms with Crippen LogP contribution < -0.4 is 9.47 Å². The van der Waals surface area contributed by atoms with Crippen LogP contribution in [0, 0.1) is 11.8 Å². The van der Waals surface area contributed by atoms with E-state index in [0.717, 1.165) is 0 Å². The molecule has 2 fully saturated rings. The molecular formula is C20H28N2O5S. The number of hydrogen-bond donors (Lipinski definition) is 0. The zero-order chi connectivity index (χ0) is 19.9. The lowest BCUT2D eigenvalue weighted by atomic mass is 9.96. The number of carbonyl (C=O) groups is 1. The molecule has 2 heterocycles. The molecule has 4 rings (SSSR count). The first kappa shape index (κ1) is 19.5.